The van der Waals surface area contributed by atoms with Gasteiger partial charge in [-0.3, -0.25) is 0 Å². The van der Waals surface area contributed by atoms with E-state index < -0.39 is 0 Å². The van der Waals surface area contributed by atoms with E-state index >= 15 is 0 Å². The van der Waals surface area contributed by atoms with Crippen LogP contribution < -0.4 is 0 Å². The molecule has 0 heterocycles. The van der Waals surface area contributed by atoms with Crippen LogP contribution in [0.4, 0.5) is 0 Å². The molecule has 1 unspecified atom stereocenters. The maximum Gasteiger partial charge on any atom is 0.0710 e. The predicted molar refractivity (Wildman–Crippen MR) is 114 cm³/mol. The average Bonchev–Trinajstić information content (AvgIpc) is 2.97. The van der Waals surface area contributed by atoms with E-state index in [4.69, 9.17) is 0 Å². The highest BCUT2D eigenvalue weighted by atomic mass is 14.5. The molecule has 0 fully saturated rings. The zero-order chi connectivity index (χ0) is 18.6. The molecular formula is C26H26. The summed E-state index contributed by atoms with van der Waals surface area (Å²) in [5.74, 6) is 0. The lowest BCUT2D eigenvalue weighted by Crippen LogP contribution is -2.29. The SMILES string of the molecule is C=CC1=C(/C=C\C)C(C(/C=C\C)=C/C)(c2ccccc2)c2ccccc21. The Morgan fingerprint density at radius 1 is 0.885 bits per heavy atom. The number of hydrogen-bond acceptors (Lipinski definition) is 0. The van der Waals surface area contributed by atoms with Crippen LogP contribution in [-0.2, 0) is 5.41 Å². The highest BCUT2D eigenvalue weighted by Crippen LogP contribution is 2.55. The molecule has 0 radical (unpaired) electrons. The smallest absolute Gasteiger partial charge is 0.0710 e. The van der Waals surface area contributed by atoms with Gasteiger partial charge in [0.1, 0.15) is 0 Å². The van der Waals surface area contributed by atoms with Crippen LogP contribution in [0.25, 0.3) is 5.57 Å². The third-order valence-corrected chi connectivity index (χ3v) is 5.15. The van der Waals surface area contributed by atoms with Gasteiger partial charge in [0.25, 0.3) is 0 Å². The topological polar surface area (TPSA) is 0 Å². The molecule has 2 aromatic rings. The Bertz CT molecular complexity index is 920. The number of allylic oxidation sites excluding steroid dienone is 9. The van der Waals surface area contributed by atoms with Crippen LogP contribution in [0.1, 0.15) is 37.5 Å². The van der Waals surface area contributed by atoms with Gasteiger partial charge in [-0.2, -0.15) is 0 Å². The highest BCUT2D eigenvalue weighted by Gasteiger charge is 2.46. The molecule has 0 amide bonds. The Kier molecular flexibility index (Phi) is 5.23. The summed E-state index contributed by atoms with van der Waals surface area (Å²) in [5.41, 5.74) is 7.32. The first-order chi connectivity index (χ1) is 12.7. The third-order valence-electron chi connectivity index (χ3n) is 5.15. The van der Waals surface area contributed by atoms with Crippen molar-refractivity contribution in [3.63, 3.8) is 0 Å². The van der Waals surface area contributed by atoms with Gasteiger partial charge in [0.15, 0.2) is 0 Å². The third kappa shape index (κ3) is 2.54. The van der Waals surface area contributed by atoms with Crippen LogP contribution >= 0.6 is 0 Å². The number of fused-ring (bicyclic) bond motifs is 1. The van der Waals surface area contributed by atoms with E-state index in [0.29, 0.717) is 0 Å². The second-order valence-corrected chi connectivity index (χ2v) is 6.44. The second kappa shape index (κ2) is 7.58. The zero-order valence-electron chi connectivity index (χ0n) is 15.9. The van der Waals surface area contributed by atoms with Crippen molar-refractivity contribution in [1.82, 2.24) is 0 Å². The fraction of sp³-hybridized carbons (Fsp3) is 0.154. The second-order valence-electron chi connectivity index (χ2n) is 6.44. The first-order valence-electron chi connectivity index (χ1n) is 9.20. The zero-order valence-corrected chi connectivity index (χ0v) is 15.9. The molecule has 1 atom stereocenters. The molecule has 1 aliphatic rings. The van der Waals surface area contributed by atoms with Gasteiger partial charge in [0.05, 0.1) is 5.41 Å². The minimum absolute atomic E-state index is 0.324. The Morgan fingerprint density at radius 2 is 1.58 bits per heavy atom. The fourth-order valence-corrected chi connectivity index (χ4v) is 4.23. The van der Waals surface area contributed by atoms with Crippen molar-refractivity contribution in [2.24, 2.45) is 0 Å². The standard InChI is InChI=1S/C26H26/c1-5-14-20(7-3)26(21-16-10-9-11-17-21)24(15-6-2)22(8-4)23-18-12-13-19-25(23)26/h5-19H,4H2,1-3H3/b14-5-,15-6-,20-7+. The summed E-state index contributed by atoms with van der Waals surface area (Å²) in [6.07, 6.45) is 13.0. The summed E-state index contributed by atoms with van der Waals surface area (Å²) in [4.78, 5) is 0. The molecule has 26 heavy (non-hydrogen) atoms. The molecule has 0 spiro atoms. The van der Waals surface area contributed by atoms with Gasteiger partial charge in [0, 0.05) is 0 Å². The number of rotatable bonds is 5. The minimum Gasteiger partial charge on any atom is -0.0984 e. The number of hydrogen-bond donors (Lipinski definition) is 0. The summed E-state index contributed by atoms with van der Waals surface area (Å²) in [7, 11) is 0. The molecule has 0 aliphatic heterocycles. The molecule has 0 N–H and O–H groups in total. The Balaban J connectivity index is 2.54. The maximum atomic E-state index is 4.14. The van der Waals surface area contributed by atoms with E-state index in [1.165, 1.54) is 33.4 Å². The molecule has 1 aliphatic carbocycles. The van der Waals surface area contributed by atoms with Crippen LogP contribution in [0.2, 0.25) is 0 Å². The van der Waals surface area contributed by atoms with Crippen LogP contribution in [0.3, 0.4) is 0 Å². The van der Waals surface area contributed by atoms with Crippen molar-refractivity contribution in [3.05, 3.63) is 125 Å². The van der Waals surface area contributed by atoms with Gasteiger partial charge >= 0.3 is 0 Å². The molecule has 0 nitrogen and oxygen atoms in total. The minimum atomic E-state index is -0.324. The van der Waals surface area contributed by atoms with Gasteiger partial charge < -0.3 is 0 Å². The fourth-order valence-electron chi connectivity index (χ4n) is 4.23. The lowest BCUT2D eigenvalue weighted by atomic mass is 9.66. The van der Waals surface area contributed by atoms with Crippen molar-refractivity contribution in [2.45, 2.75) is 26.2 Å². The van der Waals surface area contributed by atoms with E-state index in [1.54, 1.807) is 0 Å². The van der Waals surface area contributed by atoms with Crippen molar-refractivity contribution >= 4 is 5.57 Å². The van der Waals surface area contributed by atoms with E-state index in [9.17, 15) is 0 Å². The Labute approximate surface area is 157 Å². The van der Waals surface area contributed by atoms with Crippen LogP contribution in [-0.4, -0.2) is 0 Å². The average molecular weight is 338 g/mol. The van der Waals surface area contributed by atoms with Gasteiger partial charge in [-0.05, 0) is 54.2 Å². The molecule has 3 rings (SSSR count). The normalized spacial score (nSPS) is 20.2. The monoisotopic (exact) mass is 338 g/mol. The molecule has 0 bridgehead atoms. The van der Waals surface area contributed by atoms with E-state index in [-0.39, 0.29) is 5.41 Å². The van der Waals surface area contributed by atoms with Gasteiger partial charge in [-0.1, -0.05) is 97.6 Å². The van der Waals surface area contributed by atoms with Gasteiger partial charge in [-0.15, -0.1) is 0 Å². The van der Waals surface area contributed by atoms with E-state index in [1.807, 2.05) is 6.08 Å². The molecule has 0 aromatic heterocycles. The number of benzene rings is 2. The Morgan fingerprint density at radius 3 is 2.19 bits per heavy atom. The largest absolute Gasteiger partial charge is 0.0984 e. The highest BCUT2D eigenvalue weighted by molar-refractivity contribution is 5.91. The van der Waals surface area contributed by atoms with Crippen LogP contribution in [0, 0.1) is 0 Å². The summed E-state index contributed by atoms with van der Waals surface area (Å²) >= 11 is 0. The molecule has 0 heteroatoms. The first-order valence-corrected chi connectivity index (χ1v) is 9.20. The summed E-state index contributed by atoms with van der Waals surface area (Å²) in [5, 5.41) is 0. The molecule has 2 aromatic carbocycles. The first kappa shape index (κ1) is 17.9. The van der Waals surface area contributed by atoms with Crippen molar-refractivity contribution in [2.75, 3.05) is 0 Å². The van der Waals surface area contributed by atoms with Gasteiger partial charge in [-0.25, -0.2) is 0 Å². The summed E-state index contributed by atoms with van der Waals surface area (Å²) < 4.78 is 0. The Hall–Kier alpha value is -2.86. The molecular weight excluding hydrogens is 312 g/mol. The van der Waals surface area contributed by atoms with Crippen LogP contribution in [0.5, 0.6) is 0 Å². The van der Waals surface area contributed by atoms with E-state index in [0.717, 1.165) is 0 Å². The predicted octanol–water partition coefficient (Wildman–Crippen LogP) is 7.02. The van der Waals surface area contributed by atoms with Crippen molar-refractivity contribution < 1.29 is 0 Å². The van der Waals surface area contributed by atoms with Crippen LogP contribution in [0.15, 0.2) is 109 Å². The summed E-state index contributed by atoms with van der Waals surface area (Å²) in [6.45, 7) is 10.4. The quantitative estimate of drug-likeness (QED) is 0.514. The lowest BCUT2D eigenvalue weighted by Gasteiger charge is -2.35. The maximum absolute atomic E-state index is 4.14. The van der Waals surface area contributed by atoms with Crippen molar-refractivity contribution in [3.8, 4) is 0 Å². The summed E-state index contributed by atoms with van der Waals surface area (Å²) in [6, 6.07) is 19.5. The molecule has 0 saturated carbocycles. The van der Waals surface area contributed by atoms with Crippen molar-refractivity contribution in [1.29, 1.82) is 0 Å². The molecule has 0 saturated heterocycles. The van der Waals surface area contributed by atoms with E-state index in [2.05, 4.69) is 112 Å². The van der Waals surface area contributed by atoms with Gasteiger partial charge in [0.2, 0.25) is 0 Å². The molecule has 130 valence electrons. The lowest BCUT2D eigenvalue weighted by molar-refractivity contribution is 0.757.